The molecule has 9 aromatic rings. The summed E-state index contributed by atoms with van der Waals surface area (Å²) in [6.07, 6.45) is 0. The molecule has 5 heteroatoms. The summed E-state index contributed by atoms with van der Waals surface area (Å²) in [5.41, 5.74) is 10.4. The van der Waals surface area contributed by atoms with Crippen LogP contribution in [-0.4, -0.2) is 24.3 Å². The van der Waals surface area contributed by atoms with Gasteiger partial charge in [-0.15, -0.1) is 0 Å². The van der Waals surface area contributed by atoms with Crippen LogP contribution in [-0.2, 0) is 0 Å². The van der Waals surface area contributed by atoms with Gasteiger partial charge in [0.2, 0.25) is 0 Å². The Morgan fingerprint density at radius 3 is 1.42 bits per heavy atom. The lowest BCUT2D eigenvalue weighted by Gasteiger charge is -2.09. The summed E-state index contributed by atoms with van der Waals surface area (Å²) in [5.74, 6) is 1.91. The zero-order valence-corrected chi connectivity index (χ0v) is 24.2. The van der Waals surface area contributed by atoms with Crippen LogP contribution in [0.1, 0.15) is 0 Å². The maximum Gasteiger partial charge on any atom is 0.164 e. The van der Waals surface area contributed by atoms with Crippen LogP contribution in [0.3, 0.4) is 0 Å². The van der Waals surface area contributed by atoms with Gasteiger partial charge < -0.3 is 0 Å². The Morgan fingerprint density at radius 2 is 0.800 bits per heavy atom. The number of fused-ring (bicyclic) bond motifs is 3. The van der Waals surface area contributed by atoms with Crippen molar-refractivity contribution in [2.75, 3.05) is 0 Å². The Morgan fingerprint density at radius 1 is 0.333 bits per heavy atom. The van der Waals surface area contributed by atoms with Crippen LogP contribution in [0.4, 0.5) is 0 Å². The van der Waals surface area contributed by atoms with Crippen LogP contribution in [0.5, 0.6) is 0 Å². The monoisotopic (exact) mass is 575 g/mol. The van der Waals surface area contributed by atoms with Crippen molar-refractivity contribution in [3.05, 3.63) is 152 Å². The Labute approximate surface area is 259 Å². The topological polar surface area (TPSA) is 56.0 Å². The van der Waals surface area contributed by atoms with Gasteiger partial charge in [-0.1, -0.05) is 140 Å². The summed E-state index contributed by atoms with van der Waals surface area (Å²) >= 11 is 0. The quantitative estimate of drug-likeness (QED) is 0.205. The SMILES string of the molecule is c1ccc(-c2ccc(-c3nc(-c4ccccc4)nc(-c4ccc(-c5nc6cccc7c8ccccc8c5n67)cc4)n3)cc2)cc1. The van der Waals surface area contributed by atoms with Crippen molar-refractivity contribution in [3.8, 4) is 56.5 Å². The third-order valence-corrected chi connectivity index (χ3v) is 8.44. The second-order valence-corrected chi connectivity index (χ2v) is 11.2. The molecule has 0 aliphatic rings. The maximum atomic E-state index is 5.05. The Bertz CT molecular complexity index is 2450. The smallest absolute Gasteiger partial charge is 0.164 e. The molecule has 45 heavy (non-hydrogen) atoms. The molecule has 0 N–H and O–H groups in total. The zero-order valence-electron chi connectivity index (χ0n) is 24.2. The maximum absolute atomic E-state index is 5.05. The average molecular weight is 576 g/mol. The number of hydrogen-bond donors (Lipinski definition) is 0. The van der Waals surface area contributed by atoms with E-state index >= 15 is 0 Å². The Hall–Kier alpha value is -6.20. The summed E-state index contributed by atoms with van der Waals surface area (Å²) in [5, 5.41) is 2.44. The summed E-state index contributed by atoms with van der Waals surface area (Å²) in [7, 11) is 0. The van der Waals surface area contributed by atoms with Gasteiger partial charge in [-0.05, 0) is 23.3 Å². The molecule has 0 fully saturated rings. The highest BCUT2D eigenvalue weighted by molar-refractivity contribution is 6.13. The number of benzene rings is 5. The highest BCUT2D eigenvalue weighted by Crippen LogP contribution is 2.37. The van der Waals surface area contributed by atoms with E-state index < -0.39 is 0 Å². The largest absolute Gasteiger partial charge is 0.292 e. The highest BCUT2D eigenvalue weighted by atomic mass is 15.0. The molecule has 4 aromatic heterocycles. The molecule has 4 heterocycles. The van der Waals surface area contributed by atoms with Crippen molar-refractivity contribution in [3.63, 3.8) is 0 Å². The lowest BCUT2D eigenvalue weighted by atomic mass is 10.0. The first-order valence-electron chi connectivity index (χ1n) is 15.0. The van der Waals surface area contributed by atoms with E-state index in [4.69, 9.17) is 19.9 Å². The van der Waals surface area contributed by atoms with E-state index in [0.29, 0.717) is 17.5 Å². The molecule has 0 unspecified atom stereocenters. The third kappa shape index (κ3) is 4.25. The molecule has 0 saturated carbocycles. The fourth-order valence-electron chi connectivity index (χ4n) is 6.24. The van der Waals surface area contributed by atoms with Crippen molar-refractivity contribution in [2.45, 2.75) is 0 Å². The molecular weight excluding hydrogens is 550 g/mol. The fraction of sp³-hybridized carbons (Fsp3) is 0. The Balaban J connectivity index is 1.14. The molecule has 0 amide bonds. The molecule has 0 saturated heterocycles. The number of imidazole rings is 1. The van der Waals surface area contributed by atoms with E-state index in [0.717, 1.165) is 44.7 Å². The summed E-state index contributed by atoms with van der Waals surface area (Å²) in [6.45, 7) is 0. The van der Waals surface area contributed by atoms with Gasteiger partial charge in [-0.3, -0.25) is 4.40 Å². The van der Waals surface area contributed by atoms with Gasteiger partial charge in [0.05, 0.1) is 16.7 Å². The third-order valence-electron chi connectivity index (χ3n) is 8.44. The van der Waals surface area contributed by atoms with Crippen LogP contribution in [0.15, 0.2) is 152 Å². The van der Waals surface area contributed by atoms with E-state index in [-0.39, 0.29) is 0 Å². The molecule has 0 bridgehead atoms. The highest BCUT2D eigenvalue weighted by Gasteiger charge is 2.19. The first-order valence-corrected chi connectivity index (χ1v) is 15.0. The average Bonchev–Trinajstić information content (AvgIpc) is 3.68. The number of aromatic nitrogens is 5. The number of pyridine rings is 1. The van der Waals surface area contributed by atoms with Crippen LogP contribution in [0.2, 0.25) is 0 Å². The molecular formula is C40H25N5. The van der Waals surface area contributed by atoms with Gasteiger partial charge >= 0.3 is 0 Å². The molecule has 0 radical (unpaired) electrons. The summed E-state index contributed by atoms with van der Waals surface area (Å²) in [4.78, 5) is 19.9. The number of rotatable bonds is 5. The first-order chi connectivity index (χ1) is 22.3. The van der Waals surface area contributed by atoms with Gasteiger partial charge in [-0.2, -0.15) is 0 Å². The predicted molar refractivity (Wildman–Crippen MR) is 182 cm³/mol. The first kappa shape index (κ1) is 25.3. The van der Waals surface area contributed by atoms with Gasteiger partial charge in [0.25, 0.3) is 0 Å². The lowest BCUT2D eigenvalue weighted by molar-refractivity contribution is 1.07. The molecule has 5 nitrogen and oxygen atoms in total. The van der Waals surface area contributed by atoms with Crippen molar-refractivity contribution in [1.82, 2.24) is 24.3 Å². The molecule has 0 aliphatic heterocycles. The van der Waals surface area contributed by atoms with Crippen molar-refractivity contribution < 1.29 is 0 Å². The van der Waals surface area contributed by atoms with Crippen LogP contribution >= 0.6 is 0 Å². The number of hydrogen-bond acceptors (Lipinski definition) is 4. The van der Waals surface area contributed by atoms with E-state index in [1.807, 2.05) is 36.4 Å². The molecule has 0 spiro atoms. The number of nitrogens with zero attached hydrogens (tertiary/aromatic N) is 5. The van der Waals surface area contributed by atoms with Crippen LogP contribution < -0.4 is 0 Å². The van der Waals surface area contributed by atoms with Crippen molar-refractivity contribution in [1.29, 1.82) is 0 Å². The summed E-state index contributed by atoms with van der Waals surface area (Å²) < 4.78 is 2.27. The van der Waals surface area contributed by atoms with E-state index in [2.05, 4.69) is 120 Å². The zero-order chi connectivity index (χ0) is 29.7. The molecule has 9 rings (SSSR count). The second kappa shape index (κ2) is 10.2. The van der Waals surface area contributed by atoms with E-state index in [1.54, 1.807) is 0 Å². The minimum Gasteiger partial charge on any atom is -0.292 e. The normalized spacial score (nSPS) is 11.6. The van der Waals surface area contributed by atoms with Gasteiger partial charge in [0.1, 0.15) is 5.65 Å². The summed E-state index contributed by atoms with van der Waals surface area (Å²) in [6, 6.07) is 52.1. The van der Waals surface area contributed by atoms with E-state index in [9.17, 15) is 0 Å². The van der Waals surface area contributed by atoms with Gasteiger partial charge in [0.15, 0.2) is 17.5 Å². The van der Waals surface area contributed by atoms with Gasteiger partial charge in [-0.25, -0.2) is 19.9 Å². The minimum atomic E-state index is 0.629. The van der Waals surface area contributed by atoms with Crippen molar-refractivity contribution in [2.24, 2.45) is 0 Å². The molecule has 210 valence electrons. The lowest BCUT2D eigenvalue weighted by Crippen LogP contribution is -2.00. The predicted octanol–water partition coefficient (Wildman–Crippen LogP) is 9.60. The fourth-order valence-corrected chi connectivity index (χ4v) is 6.24. The Kier molecular flexibility index (Phi) is 5.74. The molecule has 0 aliphatic carbocycles. The van der Waals surface area contributed by atoms with Gasteiger partial charge in [0, 0.05) is 33.0 Å². The van der Waals surface area contributed by atoms with Crippen LogP contribution in [0, 0.1) is 0 Å². The minimum absolute atomic E-state index is 0.629. The standard InChI is InChI=1S/C40H25N5/c1-3-10-26(11-4-1)27-18-22-30(23-19-27)39-42-38(29-12-5-2-6-13-29)43-40(44-39)31-24-20-28(21-25-31)36-37-33-15-8-7-14-32(33)34-16-9-17-35(41-36)45(34)37/h1-25H. The second-order valence-electron chi connectivity index (χ2n) is 11.2. The van der Waals surface area contributed by atoms with E-state index in [1.165, 1.54) is 21.9 Å². The molecule has 5 aromatic carbocycles. The van der Waals surface area contributed by atoms with Crippen LogP contribution in [0.25, 0.3) is 84.0 Å². The molecule has 0 atom stereocenters. The van der Waals surface area contributed by atoms with Crippen molar-refractivity contribution >= 4 is 27.5 Å².